The van der Waals surface area contributed by atoms with Crippen molar-refractivity contribution >= 4 is 5.78 Å². The van der Waals surface area contributed by atoms with Gasteiger partial charge in [-0.15, -0.1) is 0 Å². The molecule has 88 valence electrons. The Kier molecular flexibility index (Phi) is 4.46. The van der Waals surface area contributed by atoms with E-state index in [1.54, 1.807) is 31.2 Å². The van der Waals surface area contributed by atoms with Crippen molar-refractivity contribution in [2.45, 2.75) is 32.6 Å². The molecule has 4 heteroatoms. The molecule has 16 heavy (non-hydrogen) atoms. The standard InChI is InChI=1S/C12H17NO3/c1-3-11(15)9-4-6-10(7-5-9)16-12(13)8(2)14/h4-8,12,14H,3,13H2,1-2H3. The summed E-state index contributed by atoms with van der Waals surface area (Å²) < 4.78 is 5.26. The van der Waals surface area contributed by atoms with Crippen LogP contribution in [0.15, 0.2) is 24.3 Å². The number of ether oxygens (including phenoxy) is 1. The van der Waals surface area contributed by atoms with Gasteiger partial charge in [-0.25, -0.2) is 0 Å². The number of carbonyl (C=O) groups excluding carboxylic acids is 1. The van der Waals surface area contributed by atoms with E-state index in [1.165, 1.54) is 0 Å². The van der Waals surface area contributed by atoms with E-state index in [1.807, 2.05) is 6.92 Å². The summed E-state index contributed by atoms with van der Waals surface area (Å²) in [6.07, 6.45) is -1.02. The second kappa shape index (κ2) is 5.63. The minimum Gasteiger partial charge on any atom is -0.473 e. The molecule has 0 spiro atoms. The maximum atomic E-state index is 11.3. The number of nitrogens with two attached hydrogens (primary N) is 1. The largest absolute Gasteiger partial charge is 0.473 e. The van der Waals surface area contributed by atoms with Gasteiger partial charge in [-0.1, -0.05) is 6.92 Å². The quantitative estimate of drug-likeness (QED) is 0.583. The van der Waals surface area contributed by atoms with Crippen LogP contribution in [0, 0.1) is 0 Å². The monoisotopic (exact) mass is 223 g/mol. The van der Waals surface area contributed by atoms with E-state index in [4.69, 9.17) is 15.6 Å². The fourth-order valence-corrected chi connectivity index (χ4v) is 1.18. The Morgan fingerprint density at radius 1 is 1.44 bits per heavy atom. The van der Waals surface area contributed by atoms with E-state index in [2.05, 4.69) is 0 Å². The maximum absolute atomic E-state index is 11.3. The molecule has 4 nitrogen and oxygen atoms in total. The normalized spacial score (nSPS) is 14.2. The highest BCUT2D eigenvalue weighted by Gasteiger charge is 2.11. The molecular formula is C12H17NO3. The van der Waals surface area contributed by atoms with Crippen LogP contribution in [0.2, 0.25) is 0 Å². The molecular weight excluding hydrogens is 206 g/mol. The first-order valence-corrected chi connectivity index (χ1v) is 5.28. The fourth-order valence-electron chi connectivity index (χ4n) is 1.18. The highest BCUT2D eigenvalue weighted by Crippen LogP contribution is 2.14. The first-order chi connectivity index (χ1) is 7.54. The van der Waals surface area contributed by atoms with E-state index in [9.17, 15) is 4.79 Å². The summed E-state index contributed by atoms with van der Waals surface area (Å²) in [5, 5.41) is 9.16. The van der Waals surface area contributed by atoms with Gasteiger partial charge >= 0.3 is 0 Å². The number of aliphatic hydroxyl groups excluding tert-OH is 1. The molecule has 2 atom stereocenters. The van der Waals surface area contributed by atoms with Crippen LogP contribution >= 0.6 is 0 Å². The smallest absolute Gasteiger partial charge is 0.173 e. The molecule has 0 saturated carbocycles. The average molecular weight is 223 g/mol. The number of benzene rings is 1. The second-order valence-electron chi connectivity index (χ2n) is 3.62. The molecule has 1 aromatic rings. The first-order valence-electron chi connectivity index (χ1n) is 5.28. The molecule has 0 heterocycles. The van der Waals surface area contributed by atoms with Crippen LogP contribution in [-0.4, -0.2) is 23.2 Å². The Balaban J connectivity index is 2.68. The Bertz CT molecular complexity index is 346. The van der Waals surface area contributed by atoms with Gasteiger partial charge in [0.15, 0.2) is 12.0 Å². The number of hydrogen-bond acceptors (Lipinski definition) is 4. The third kappa shape index (κ3) is 3.32. The number of hydrogen-bond donors (Lipinski definition) is 2. The van der Waals surface area contributed by atoms with Gasteiger partial charge in [-0.05, 0) is 31.2 Å². The van der Waals surface area contributed by atoms with Gasteiger partial charge in [0.25, 0.3) is 0 Å². The number of carbonyl (C=O) groups is 1. The van der Waals surface area contributed by atoms with Gasteiger partial charge < -0.3 is 9.84 Å². The Labute approximate surface area is 95.0 Å². The van der Waals surface area contributed by atoms with E-state index < -0.39 is 12.3 Å². The molecule has 1 rings (SSSR count). The molecule has 0 saturated heterocycles. The van der Waals surface area contributed by atoms with Crippen LogP contribution in [0.25, 0.3) is 0 Å². The summed E-state index contributed by atoms with van der Waals surface area (Å²) in [6.45, 7) is 3.37. The molecule has 0 bridgehead atoms. The van der Waals surface area contributed by atoms with Crippen molar-refractivity contribution in [2.75, 3.05) is 0 Å². The zero-order valence-corrected chi connectivity index (χ0v) is 9.51. The summed E-state index contributed by atoms with van der Waals surface area (Å²) >= 11 is 0. The lowest BCUT2D eigenvalue weighted by molar-refractivity contribution is 0.0528. The van der Waals surface area contributed by atoms with E-state index in [0.29, 0.717) is 17.7 Å². The van der Waals surface area contributed by atoms with Gasteiger partial charge in [0.2, 0.25) is 0 Å². The van der Waals surface area contributed by atoms with Crippen molar-refractivity contribution < 1.29 is 14.6 Å². The number of Topliss-reactive ketones (excluding diaryl/α,β-unsaturated/α-hetero) is 1. The van der Waals surface area contributed by atoms with Crippen LogP contribution in [0.5, 0.6) is 5.75 Å². The molecule has 0 aromatic heterocycles. The van der Waals surface area contributed by atoms with Gasteiger partial charge in [0, 0.05) is 12.0 Å². The predicted octanol–water partition coefficient (Wildman–Crippen LogP) is 1.32. The minimum absolute atomic E-state index is 0.0892. The summed E-state index contributed by atoms with van der Waals surface area (Å²) in [7, 11) is 0. The Hall–Kier alpha value is -1.39. The van der Waals surface area contributed by atoms with Crippen molar-refractivity contribution in [3.05, 3.63) is 29.8 Å². The highest BCUT2D eigenvalue weighted by atomic mass is 16.5. The average Bonchev–Trinajstić information content (AvgIpc) is 2.28. The van der Waals surface area contributed by atoms with E-state index in [0.717, 1.165) is 0 Å². The summed E-state index contributed by atoms with van der Waals surface area (Å²) in [4.78, 5) is 11.3. The van der Waals surface area contributed by atoms with E-state index in [-0.39, 0.29) is 5.78 Å². The lowest BCUT2D eigenvalue weighted by atomic mass is 10.1. The van der Waals surface area contributed by atoms with Crippen LogP contribution < -0.4 is 10.5 Å². The van der Waals surface area contributed by atoms with Crippen LogP contribution in [0.3, 0.4) is 0 Å². The van der Waals surface area contributed by atoms with Gasteiger partial charge in [0.05, 0.1) is 0 Å². The van der Waals surface area contributed by atoms with Crippen LogP contribution in [-0.2, 0) is 0 Å². The van der Waals surface area contributed by atoms with Gasteiger partial charge in [-0.2, -0.15) is 0 Å². The maximum Gasteiger partial charge on any atom is 0.173 e. The zero-order valence-electron chi connectivity index (χ0n) is 9.51. The van der Waals surface area contributed by atoms with Crippen molar-refractivity contribution in [3.8, 4) is 5.75 Å². The third-order valence-corrected chi connectivity index (χ3v) is 2.25. The molecule has 0 aliphatic carbocycles. The molecule has 1 aromatic carbocycles. The number of rotatable bonds is 5. The topological polar surface area (TPSA) is 72.5 Å². The predicted molar refractivity (Wildman–Crippen MR) is 61.3 cm³/mol. The summed E-state index contributed by atoms with van der Waals surface area (Å²) in [5.41, 5.74) is 6.19. The van der Waals surface area contributed by atoms with Crippen LogP contribution in [0.4, 0.5) is 0 Å². The molecule has 2 unspecified atom stereocenters. The summed E-state index contributed by atoms with van der Waals surface area (Å²) in [5.74, 6) is 0.632. The number of aliphatic hydroxyl groups is 1. The van der Waals surface area contributed by atoms with Crippen molar-refractivity contribution in [3.63, 3.8) is 0 Å². The van der Waals surface area contributed by atoms with E-state index >= 15 is 0 Å². The highest BCUT2D eigenvalue weighted by molar-refractivity contribution is 5.95. The molecule has 0 aliphatic heterocycles. The second-order valence-corrected chi connectivity index (χ2v) is 3.62. The molecule has 0 amide bonds. The van der Waals surface area contributed by atoms with Crippen molar-refractivity contribution in [1.82, 2.24) is 0 Å². The van der Waals surface area contributed by atoms with Crippen molar-refractivity contribution in [1.29, 1.82) is 0 Å². The number of ketones is 1. The molecule has 0 aliphatic rings. The molecule has 3 N–H and O–H groups in total. The lowest BCUT2D eigenvalue weighted by Crippen LogP contribution is -2.37. The lowest BCUT2D eigenvalue weighted by Gasteiger charge is -2.16. The van der Waals surface area contributed by atoms with Crippen LogP contribution in [0.1, 0.15) is 30.6 Å². The Morgan fingerprint density at radius 2 is 2.00 bits per heavy atom. The van der Waals surface area contributed by atoms with Crippen molar-refractivity contribution in [2.24, 2.45) is 5.73 Å². The third-order valence-electron chi connectivity index (χ3n) is 2.25. The first kappa shape index (κ1) is 12.7. The van der Waals surface area contributed by atoms with Gasteiger partial charge in [0.1, 0.15) is 11.9 Å². The Morgan fingerprint density at radius 3 is 2.44 bits per heavy atom. The van der Waals surface area contributed by atoms with Gasteiger partial charge in [-0.3, -0.25) is 10.5 Å². The minimum atomic E-state index is -0.757. The summed E-state index contributed by atoms with van der Waals surface area (Å²) in [6, 6.07) is 6.72. The SMILES string of the molecule is CCC(=O)c1ccc(OC(N)C(C)O)cc1. The zero-order chi connectivity index (χ0) is 12.1. The molecule has 0 fully saturated rings. The fraction of sp³-hybridized carbons (Fsp3) is 0.417. The molecule has 0 radical (unpaired) electrons.